The van der Waals surface area contributed by atoms with Crippen molar-refractivity contribution < 1.29 is 43.0 Å². The summed E-state index contributed by atoms with van der Waals surface area (Å²) in [7, 11) is 2.89. The van der Waals surface area contributed by atoms with E-state index in [0.29, 0.717) is 34.7 Å². The van der Waals surface area contributed by atoms with Crippen molar-refractivity contribution >= 4 is 45.7 Å². The number of hydrogen-bond acceptors (Lipinski definition) is 9. The first-order chi connectivity index (χ1) is 43.7. The van der Waals surface area contributed by atoms with Crippen LogP contribution in [0.1, 0.15) is 54.1 Å². The number of imidazole rings is 3. The number of halogens is 1. The number of nitrogens with zero attached hydrogens (tertiary/aromatic N) is 4. The van der Waals surface area contributed by atoms with Gasteiger partial charge in [-0.15, -0.1) is 0 Å². The molecule has 4 N–H and O–H groups in total. The molecule has 13 nitrogen and oxygen atoms in total. The number of hydrogen-bond donors (Lipinski definition) is 4. The van der Waals surface area contributed by atoms with Crippen LogP contribution in [0.25, 0.3) is 33.1 Å². The van der Waals surface area contributed by atoms with E-state index in [9.17, 15) is 24.2 Å². The predicted molar refractivity (Wildman–Crippen MR) is 344 cm³/mol. The van der Waals surface area contributed by atoms with Crippen LogP contribution in [0.5, 0.6) is 34.5 Å². The Morgan fingerprint density at radius 2 is 0.955 bits per heavy atom. The Labute approximate surface area is 512 Å². The highest BCUT2D eigenvalue weighted by Gasteiger charge is 2.44. The number of aromatic amines is 2. The van der Waals surface area contributed by atoms with Crippen molar-refractivity contribution in [3.63, 3.8) is 0 Å². The normalized spacial score (nSPS) is 11.0. The van der Waals surface area contributed by atoms with Crippen molar-refractivity contribution in [2.45, 2.75) is 11.1 Å². The molecule has 0 fully saturated rings. The molecule has 14 rings (SSSR count). The monoisotopic (exact) mass is 1180 g/mol. The zero-order valence-electron chi connectivity index (χ0n) is 48.5. The Balaban J connectivity index is 0.000000129. The van der Waals surface area contributed by atoms with Gasteiger partial charge in [-0.1, -0.05) is 182 Å². The van der Waals surface area contributed by atoms with E-state index in [1.165, 1.54) is 32.4 Å². The minimum Gasteiger partial charge on any atom is -0.508 e. The standard InChI is InChI=1S/2C26H20N2O.C15H12N2O3.C8H7FO2/c29-23-16-17-25-24(18-23)27-19-28(25)26(20-10-4-1-5-11-20,21-12-6-2-7-13-21)22-14-8-3-9-15-22;29-23-16-17-24-25(18-23)28(19-27-24)26(20-10-4-1-5-11-20,21-12-6-2-7-13-21)22-14-8-3-9-15-22;1-19-15-6-10(8-18)2-5-14(15)20-11-3-4-12-13(7-11)17-9-16-12;1-11-8-4-6(5-10)2-3-7(8)9/h2*1-19,29H;2-9H,1H3,(H,16,17);2-5H,1H3/p+1. The van der Waals surface area contributed by atoms with Gasteiger partial charge in [0.15, 0.2) is 39.6 Å². The summed E-state index contributed by atoms with van der Waals surface area (Å²) < 4.78 is 32.8. The van der Waals surface area contributed by atoms with Crippen LogP contribution in [0.4, 0.5) is 4.39 Å². The summed E-state index contributed by atoms with van der Waals surface area (Å²) in [5.74, 6) is 1.83. The number of carbonyl (C=O) groups excluding carboxylic acids is 2. The van der Waals surface area contributed by atoms with E-state index in [-0.39, 0.29) is 17.2 Å². The lowest BCUT2D eigenvalue weighted by molar-refractivity contribution is -0.710. The number of rotatable bonds is 14. The van der Waals surface area contributed by atoms with Gasteiger partial charge in [0.1, 0.15) is 35.4 Å². The van der Waals surface area contributed by atoms with E-state index in [2.05, 4.69) is 179 Å². The van der Waals surface area contributed by atoms with E-state index in [0.717, 1.165) is 72.8 Å². The Morgan fingerprint density at radius 3 is 1.48 bits per heavy atom. The van der Waals surface area contributed by atoms with Gasteiger partial charge in [0.25, 0.3) is 0 Å². The fraction of sp³-hybridized carbons (Fsp3) is 0.0533. The second-order valence-electron chi connectivity index (χ2n) is 20.5. The van der Waals surface area contributed by atoms with E-state index in [1.807, 2.05) is 79.4 Å². The number of H-pyrrole nitrogens is 2. The van der Waals surface area contributed by atoms with Crippen LogP contribution in [0, 0.1) is 5.82 Å². The van der Waals surface area contributed by atoms with E-state index in [1.54, 1.807) is 48.8 Å². The van der Waals surface area contributed by atoms with Gasteiger partial charge >= 0.3 is 0 Å². The number of methoxy groups -OCH3 is 2. The molecular formula is C75H60FN6O7+. The molecule has 3 aromatic heterocycles. The Bertz CT molecular complexity index is 4450. The number of carbonyl (C=O) groups is 2. The maximum absolute atomic E-state index is 12.7. The molecule has 0 atom stereocenters. The highest BCUT2D eigenvalue weighted by molar-refractivity contribution is 5.80. The van der Waals surface area contributed by atoms with Crippen LogP contribution in [-0.2, 0) is 11.1 Å². The van der Waals surface area contributed by atoms with Gasteiger partial charge < -0.3 is 34.0 Å². The third-order valence-electron chi connectivity index (χ3n) is 15.2. The molecule has 0 unspecified atom stereocenters. The van der Waals surface area contributed by atoms with Gasteiger partial charge in [-0.25, -0.2) is 23.9 Å². The van der Waals surface area contributed by atoms with Crippen LogP contribution in [0.3, 0.4) is 0 Å². The number of fused-ring (bicyclic) bond motifs is 3. The number of benzene rings is 11. The SMILES string of the molecule is COc1cc(C=O)ccc1F.COc1cc(C=O)ccc1Oc1ccc2nc[nH]c2c1.Oc1ccc2c(c1)[nH]c[n+]2C(c1ccccc1)(c1ccccc1)c1ccccc1.Oc1ccc2ncn(C(c3ccccc3)(c3ccccc3)c3ccccc3)c2c1. The molecule has 3 heterocycles. The number of phenols is 2. The number of aldehydes is 2. The first-order valence-corrected chi connectivity index (χ1v) is 28.4. The number of phenolic OH excluding ortho intramolecular Hbond substituents is 2. The number of aromatic hydroxyl groups is 2. The lowest BCUT2D eigenvalue weighted by Crippen LogP contribution is -2.57. The van der Waals surface area contributed by atoms with E-state index < -0.39 is 16.9 Å². The molecule has 0 aliphatic heterocycles. The molecular weight excluding hydrogens is 1120 g/mol. The molecule has 0 radical (unpaired) electrons. The maximum atomic E-state index is 12.7. The van der Waals surface area contributed by atoms with Gasteiger partial charge in [0.2, 0.25) is 6.33 Å². The summed E-state index contributed by atoms with van der Waals surface area (Å²) >= 11 is 0. The molecule has 0 aliphatic carbocycles. The first-order valence-electron chi connectivity index (χ1n) is 28.4. The average molecular weight is 1180 g/mol. The van der Waals surface area contributed by atoms with Crippen LogP contribution in [0.15, 0.2) is 292 Å². The fourth-order valence-corrected chi connectivity index (χ4v) is 11.2. The van der Waals surface area contributed by atoms with Gasteiger partial charge in [-0.2, -0.15) is 0 Å². The molecule has 0 spiro atoms. The third-order valence-corrected chi connectivity index (χ3v) is 15.2. The van der Waals surface area contributed by atoms with E-state index >= 15 is 0 Å². The van der Waals surface area contributed by atoms with Crippen LogP contribution < -0.4 is 18.8 Å². The zero-order chi connectivity index (χ0) is 61.6. The Morgan fingerprint density at radius 1 is 0.472 bits per heavy atom. The topological polar surface area (TPSA) is 168 Å². The molecule has 0 aliphatic rings. The van der Waals surface area contributed by atoms with Crippen LogP contribution >= 0.6 is 0 Å². The number of nitrogens with one attached hydrogen (secondary N) is 2. The van der Waals surface area contributed by atoms with Crippen LogP contribution in [-0.4, -0.2) is 61.5 Å². The highest BCUT2D eigenvalue weighted by atomic mass is 19.1. The smallest absolute Gasteiger partial charge is 0.243 e. The second kappa shape index (κ2) is 27.0. The number of ether oxygens (including phenoxy) is 3. The molecule has 14 heteroatoms. The summed E-state index contributed by atoms with van der Waals surface area (Å²) in [5, 5.41) is 20.2. The summed E-state index contributed by atoms with van der Waals surface area (Å²) in [6.07, 6.45) is 6.91. The van der Waals surface area contributed by atoms with Crippen LogP contribution in [0.2, 0.25) is 0 Å². The van der Waals surface area contributed by atoms with Gasteiger partial charge in [0.05, 0.1) is 48.9 Å². The zero-order valence-corrected chi connectivity index (χ0v) is 48.5. The summed E-state index contributed by atoms with van der Waals surface area (Å²) in [5.41, 5.74) is 12.0. The first kappa shape index (κ1) is 58.9. The predicted octanol–water partition coefficient (Wildman–Crippen LogP) is 15.4. The van der Waals surface area contributed by atoms with Crippen molar-refractivity contribution in [1.29, 1.82) is 0 Å². The molecule has 0 saturated carbocycles. The minimum atomic E-state index is -0.633. The van der Waals surface area contributed by atoms with Crippen molar-refractivity contribution in [2.75, 3.05) is 14.2 Å². The second-order valence-corrected chi connectivity index (χ2v) is 20.5. The molecule has 0 amide bonds. The van der Waals surface area contributed by atoms with E-state index in [4.69, 9.17) is 9.47 Å². The van der Waals surface area contributed by atoms with Crippen molar-refractivity contribution in [1.82, 2.24) is 24.5 Å². The lowest BCUT2D eigenvalue weighted by Gasteiger charge is -2.38. The van der Waals surface area contributed by atoms with Gasteiger partial charge in [-0.05, 0) is 89.5 Å². The lowest BCUT2D eigenvalue weighted by atomic mass is 9.76. The molecule has 0 bridgehead atoms. The third kappa shape index (κ3) is 12.2. The van der Waals surface area contributed by atoms with Gasteiger partial charge in [0, 0.05) is 46.0 Å². The van der Waals surface area contributed by atoms with Crippen molar-refractivity contribution in [3.05, 3.63) is 342 Å². The molecule has 89 heavy (non-hydrogen) atoms. The minimum absolute atomic E-state index is 0.0922. The molecule has 11 aromatic carbocycles. The molecule has 14 aromatic rings. The average Bonchev–Trinajstić information content (AvgIpc) is 1.77. The van der Waals surface area contributed by atoms with Gasteiger partial charge in [-0.3, -0.25) is 9.59 Å². The molecule has 0 saturated heterocycles. The Kier molecular flexibility index (Phi) is 17.8. The fourth-order valence-electron chi connectivity index (χ4n) is 11.2. The highest BCUT2D eigenvalue weighted by Crippen LogP contribution is 2.43. The van der Waals surface area contributed by atoms with Crippen molar-refractivity contribution in [2.24, 2.45) is 0 Å². The largest absolute Gasteiger partial charge is 0.508 e. The summed E-state index contributed by atoms with van der Waals surface area (Å²) in [6.45, 7) is 0. The van der Waals surface area contributed by atoms with Crippen molar-refractivity contribution in [3.8, 4) is 34.5 Å². The molecule has 438 valence electrons. The quantitative estimate of drug-likeness (QED) is 0.0470. The Hall–Kier alpha value is -11.9. The maximum Gasteiger partial charge on any atom is 0.243 e. The number of aromatic nitrogens is 6. The summed E-state index contributed by atoms with van der Waals surface area (Å²) in [4.78, 5) is 36.1. The summed E-state index contributed by atoms with van der Waals surface area (Å²) in [6, 6.07) is 88.3.